The van der Waals surface area contributed by atoms with E-state index in [4.69, 9.17) is 4.74 Å². The molecule has 3 aromatic rings. The molecule has 512 valence electrons. The van der Waals surface area contributed by atoms with E-state index < -0.39 is 84.8 Å². The summed E-state index contributed by atoms with van der Waals surface area (Å²) in [7, 11) is 0. The molecule has 0 spiro atoms. The normalized spacial score (nSPS) is 19.2. The van der Waals surface area contributed by atoms with Crippen LogP contribution in [0.25, 0.3) is 10.9 Å². The summed E-state index contributed by atoms with van der Waals surface area (Å²) in [6, 6.07) is 15.2. The average molecular weight is 1440 g/mol. The average Bonchev–Trinajstić information content (AvgIpc) is 1.48. The maximum Gasteiger partial charge on any atom is 0.317 e. The number of carbonyl (C=O) groups excluding carboxylic acids is 7. The van der Waals surface area contributed by atoms with Gasteiger partial charge in [0, 0.05) is 118 Å². The number of aliphatic carboxylic acids is 3. The van der Waals surface area contributed by atoms with Crippen LogP contribution in [0.1, 0.15) is 93.0 Å². The van der Waals surface area contributed by atoms with E-state index in [-0.39, 0.29) is 126 Å². The van der Waals surface area contributed by atoms with Gasteiger partial charge >= 0.3 is 17.9 Å². The number of likely N-dealkylation sites (tertiary alicyclic amines) is 3. The molecule has 0 aliphatic carbocycles. The number of unbranched alkanes of at least 4 members (excludes halogenated alkanes) is 2. The number of aromatic nitrogens is 1. The number of carbonyl (C=O) groups is 10. The highest BCUT2D eigenvalue weighted by molar-refractivity contribution is 14.1. The minimum Gasteiger partial charge on any atom is -0.494 e. The zero-order chi connectivity index (χ0) is 67.7. The Bertz CT molecular complexity index is 3150. The lowest BCUT2D eigenvalue weighted by atomic mass is 9.92. The highest BCUT2D eigenvalue weighted by Gasteiger charge is 2.47. The number of rotatable bonds is 32. The predicted octanol–water partition coefficient (Wildman–Crippen LogP) is 3.25. The Morgan fingerprint density at radius 2 is 1.36 bits per heavy atom. The first-order valence-corrected chi connectivity index (χ1v) is 34.0. The molecule has 30 heteroatoms. The number of nitrogens with one attached hydrogen (secondary N) is 3. The topological polar surface area (TPSA) is 336 Å². The molecule has 7 rings (SSSR count). The van der Waals surface area contributed by atoms with Crippen LogP contribution >= 0.6 is 34.4 Å². The highest BCUT2D eigenvalue weighted by atomic mass is 127. The summed E-state index contributed by atoms with van der Waals surface area (Å²) >= 11 is 3.53. The van der Waals surface area contributed by atoms with Crippen LogP contribution in [-0.2, 0) is 49.6 Å². The number of carboxylic acids is 3. The number of imide groups is 1. The lowest BCUT2D eigenvalue weighted by molar-refractivity contribution is -0.146. The molecule has 1 unspecified atom stereocenters. The van der Waals surface area contributed by atoms with E-state index in [1.165, 1.54) is 29.6 Å². The van der Waals surface area contributed by atoms with Crippen molar-refractivity contribution < 1.29 is 76.8 Å². The number of fused-ring (bicyclic) bond motifs is 1. The fourth-order valence-electron chi connectivity index (χ4n) is 12.0. The molecule has 5 heterocycles. The minimum atomic E-state index is -3.19. The second-order valence-corrected chi connectivity index (χ2v) is 27.1. The number of benzene rings is 2. The number of alkyl halides is 2. The van der Waals surface area contributed by atoms with Gasteiger partial charge in [-0.3, -0.25) is 77.4 Å². The number of hydrogen-bond donors (Lipinski definition) is 6. The second-order valence-electron chi connectivity index (χ2n) is 24.3. The van der Waals surface area contributed by atoms with Gasteiger partial charge in [0.25, 0.3) is 11.8 Å². The predicted molar refractivity (Wildman–Crippen MR) is 351 cm³/mol. The standard InChI is InChI=1S/C64H85F2IN12O14S/c65-64(66)34-47(35-68)79(43-64)57(83)37-72-62(91)50-16-20-69-52-15-14-48(32-51(50)52)93-31-5-7-45-17-21-77(22-18-45)58(84)39-78-56(82)33-53(63(78)92)94-49(8-2-1-3-19-70-54(80)9-4-6-44-10-12-46(67)13-11-44)36-71-55(81)38-73-23-25-74(40-59(85)86)27-29-76(42-61(89)90)30-28-75(26-24-73)41-60(87)88/h10-16,20,32,45,47,49,53H,1-9,17-19,21-31,33-34,36-43H2,(H,70,80)(H,71,81)(H,72,91)(H,85,86)(H,87,88)(H,89,90)/t47-,49-,53?/m1/s1. The molecule has 4 saturated heterocycles. The van der Waals surface area contributed by atoms with Gasteiger partial charge in [-0.15, -0.1) is 11.8 Å². The van der Waals surface area contributed by atoms with Gasteiger partial charge in [0.2, 0.25) is 35.4 Å². The molecule has 3 atom stereocenters. The summed E-state index contributed by atoms with van der Waals surface area (Å²) < 4.78 is 35.1. The molecule has 94 heavy (non-hydrogen) atoms. The van der Waals surface area contributed by atoms with Crippen LogP contribution in [0.4, 0.5) is 8.78 Å². The SMILES string of the molecule is N#C[C@H]1CC(F)(F)CN1C(=O)CNC(=O)c1ccnc2ccc(OCCCC3CCN(C(=O)CN4C(=O)CC(S[C@H](CCCCCNC(=O)CCCc5ccc(I)cc5)CNC(=O)CN5CCN(CC(=O)O)CCN(CC(=O)O)CCN(CC(=O)O)CC5)C4=O)CC3)cc12. The van der Waals surface area contributed by atoms with Crippen molar-refractivity contribution in [1.82, 2.24) is 55.2 Å². The number of piperidine rings is 1. The van der Waals surface area contributed by atoms with E-state index in [1.807, 2.05) is 17.0 Å². The smallest absolute Gasteiger partial charge is 0.317 e. The molecule has 4 aliphatic rings. The van der Waals surface area contributed by atoms with Crippen molar-refractivity contribution in [3.05, 3.63) is 69.4 Å². The third kappa shape index (κ3) is 24.5. The van der Waals surface area contributed by atoms with Crippen LogP contribution < -0.4 is 20.7 Å². The Balaban J connectivity index is 0.881. The summed E-state index contributed by atoms with van der Waals surface area (Å²) in [5.41, 5.74) is 1.84. The quantitative estimate of drug-likeness (QED) is 0.0297. The van der Waals surface area contributed by atoms with Crippen molar-refractivity contribution in [3.8, 4) is 11.8 Å². The van der Waals surface area contributed by atoms with Gasteiger partial charge in [-0.1, -0.05) is 25.0 Å². The fourth-order valence-corrected chi connectivity index (χ4v) is 13.8. The maximum atomic E-state index is 14.1. The van der Waals surface area contributed by atoms with Gasteiger partial charge in [-0.25, -0.2) is 8.78 Å². The number of carboxylic acid groups (broad SMARTS) is 3. The molecular formula is C64H85F2IN12O14S. The lowest BCUT2D eigenvalue weighted by Gasteiger charge is -2.33. The summed E-state index contributed by atoms with van der Waals surface area (Å²) in [4.78, 5) is 144. The summed E-state index contributed by atoms with van der Waals surface area (Å²) in [5, 5.41) is 46.0. The Morgan fingerprint density at radius 3 is 1.98 bits per heavy atom. The van der Waals surface area contributed by atoms with Crippen LogP contribution in [0.3, 0.4) is 0 Å². The largest absolute Gasteiger partial charge is 0.494 e. The summed E-state index contributed by atoms with van der Waals surface area (Å²) in [6.45, 7) is 0.677. The molecule has 26 nitrogen and oxygen atoms in total. The van der Waals surface area contributed by atoms with Crippen molar-refractivity contribution in [1.29, 1.82) is 5.26 Å². The molecule has 0 saturated carbocycles. The molecule has 4 fully saturated rings. The Morgan fingerprint density at radius 1 is 0.734 bits per heavy atom. The van der Waals surface area contributed by atoms with E-state index in [1.54, 1.807) is 43.9 Å². The minimum absolute atomic E-state index is 0.0314. The molecule has 0 radical (unpaired) electrons. The Labute approximate surface area is 562 Å². The van der Waals surface area contributed by atoms with E-state index in [9.17, 15) is 77.3 Å². The number of pyridine rings is 1. The fraction of sp³-hybridized carbons (Fsp3) is 0.594. The number of hydrogen-bond acceptors (Lipinski definition) is 18. The number of halogens is 3. The van der Waals surface area contributed by atoms with Crippen LogP contribution in [0.2, 0.25) is 0 Å². The number of ether oxygens (including phenoxy) is 1. The molecular weight excluding hydrogens is 1360 g/mol. The number of amides is 7. The second kappa shape index (κ2) is 37.2. The zero-order valence-corrected chi connectivity index (χ0v) is 55.7. The van der Waals surface area contributed by atoms with Gasteiger partial charge in [0.1, 0.15) is 18.3 Å². The molecule has 6 N–H and O–H groups in total. The van der Waals surface area contributed by atoms with Crippen molar-refractivity contribution in [2.24, 2.45) is 5.92 Å². The zero-order valence-electron chi connectivity index (χ0n) is 52.7. The van der Waals surface area contributed by atoms with Gasteiger partial charge in [0.05, 0.1) is 68.3 Å². The first-order chi connectivity index (χ1) is 45.0. The third-order valence-electron chi connectivity index (χ3n) is 17.2. The maximum absolute atomic E-state index is 14.1. The third-order valence-corrected chi connectivity index (χ3v) is 19.4. The van der Waals surface area contributed by atoms with Gasteiger partial charge in [0.15, 0.2) is 0 Å². The van der Waals surface area contributed by atoms with Crippen molar-refractivity contribution >= 4 is 105 Å². The summed E-state index contributed by atoms with van der Waals surface area (Å²) in [5.74, 6) is -8.80. The monoisotopic (exact) mass is 1440 g/mol. The van der Waals surface area contributed by atoms with E-state index >= 15 is 0 Å². The van der Waals surface area contributed by atoms with E-state index in [0.717, 1.165) is 32.6 Å². The first kappa shape index (κ1) is 74.2. The molecule has 0 bridgehead atoms. The van der Waals surface area contributed by atoms with E-state index in [0.29, 0.717) is 94.3 Å². The van der Waals surface area contributed by atoms with Crippen molar-refractivity contribution in [2.75, 3.05) is 131 Å². The Hall–Kier alpha value is -7.18. The highest BCUT2D eigenvalue weighted by Crippen LogP contribution is 2.33. The van der Waals surface area contributed by atoms with Crippen LogP contribution in [0.15, 0.2) is 54.7 Å². The number of nitrogens with zero attached hydrogens (tertiary/aromatic N) is 9. The van der Waals surface area contributed by atoms with Crippen LogP contribution in [-0.4, -0.2) is 267 Å². The first-order valence-electron chi connectivity index (χ1n) is 32.0. The van der Waals surface area contributed by atoms with Crippen molar-refractivity contribution in [3.63, 3.8) is 0 Å². The molecule has 1 aromatic heterocycles. The van der Waals surface area contributed by atoms with Gasteiger partial charge in [-0.2, -0.15) is 5.26 Å². The number of nitriles is 1. The molecule has 7 amide bonds. The molecule has 2 aromatic carbocycles. The summed E-state index contributed by atoms with van der Waals surface area (Å²) in [6.07, 6.45) is 7.93. The lowest BCUT2D eigenvalue weighted by Crippen LogP contribution is -2.50. The van der Waals surface area contributed by atoms with Crippen molar-refractivity contribution in [2.45, 2.75) is 106 Å². The van der Waals surface area contributed by atoms with Crippen LogP contribution in [0, 0.1) is 20.8 Å². The van der Waals surface area contributed by atoms with Crippen LogP contribution in [0.5, 0.6) is 5.75 Å². The van der Waals surface area contributed by atoms with Gasteiger partial charge in [-0.05, 0) is 122 Å². The van der Waals surface area contributed by atoms with Gasteiger partial charge < -0.3 is 45.8 Å². The molecule has 4 aliphatic heterocycles. The Kier molecular flexibility index (Phi) is 29.4. The number of thioether (sulfide) groups is 1. The number of aryl methyl sites for hydroxylation is 1. The van der Waals surface area contributed by atoms with E-state index in [2.05, 4.69) is 55.7 Å².